The lowest BCUT2D eigenvalue weighted by Crippen LogP contribution is -2.42. The molecule has 0 bridgehead atoms. The van der Waals surface area contributed by atoms with Crippen molar-refractivity contribution in [2.75, 3.05) is 0 Å². The fraction of sp³-hybridized carbons (Fsp3) is 0.208. The van der Waals surface area contributed by atoms with Crippen LogP contribution in [-0.2, 0) is 30.9 Å². The van der Waals surface area contributed by atoms with E-state index in [9.17, 15) is 4.79 Å². The third-order valence-electron chi connectivity index (χ3n) is 5.10. The SMILES string of the molecule is N[C@H](Cc1ccc(OCc2ccccc2)cc1)C(=O)N1Cc2ccccc2C1. The predicted octanol–water partition coefficient (Wildman–Crippen LogP) is 3.68. The van der Waals surface area contributed by atoms with Crippen molar-refractivity contribution < 1.29 is 9.53 Å². The average molecular weight is 372 g/mol. The van der Waals surface area contributed by atoms with Gasteiger partial charge in [-0.15, -0.1) is 0 Å². The van der Waals surface area contributed by atoms with Gasteiger partial charge >= 0.3 is 0 Å². The molecule has 1 aliphatic rings. The molecule has 0 saturated carbocycles. The van der Waals surface area contributed by atoms with E-state index in [1.165, 1.54) is 11.1 Å². The number of carbonyl (C=O) groups is 1. The first-order valence-corrected chi connectivity index (χ1v) is 9.56. The number of hydrogen-bond acceptors (Lipinski definition) is 3. The van der Waals surface area contributed by atoms with Gasteiger partial charge in [0.2, 0.25) is 5.91 Å². The van der Waals surface area contributed by atoms with Gasteiger partial charge in [0.1, 0.15) is 12.4 Å². The minimum atomic E-state index is -0.537. The number of benzene rings is 3. The Hall–Kier alpha value is -3.11. The Morgan fingerprint density at radius 3 is 2.11 bits per heavy atom. The number of hydrogen-bond donors (Lipinski definition) is 1. The van der Waals surface area contributed by atoms with Gasteiger partial charge in [-0.25, -0.2) is 0 Å². The molecule has 28 heavy (non-hydrogen) atoms. The van der Waals surface area contributed by atoms with E-state index in [1.807, 2.05) is 71.6 Å². The molecule has 4 rings (SSSR count). The number of nitrogens with zero attached hydrogens (tertiary/aromatic N) is 1. The molecule has 0 aromatic heterocycles. The molecule has 0 aliphatic carbocycles. The molecular formula is C24H24N2O2. The summed E-state index contributed by atoms with van der Waals surface area (Å²) in [4.78, 5) is 14.6. The molecule has 0 radical (unpaired) electrons. The molecule has 142 valence electrons. The Balaban J connectivity index is 1.31. The molecule has 3 aromatic rings. The van der Waals surface area contributed by atoms with Crippen LogP contribution in [0.3, 0.4) is 0 Å². The first-order valence-electron chi connectivity index (χ1n) is 9.56. The summed E-state index contributed by atoms with van der Waals surface area (Å²) in [5, 5.41) is 0. The van der Waals surface area contributed by atoms with Gasteiger partial charge in [-0.2, -0.15) is 0 Å². The van der Waals surface area contributed by atoms with Gasteiger partial charge in [-0.3, -0.25) is 4.79 Å². The van der Waals surface area contributed by atoms with E-state index in [0.29, 0.717) is 26.1 Å². The van der Waals surface area contributed by atoms with Crippen molar-refractivity contribution in [2.24, 2.45) is 5.73 Å². The molecule has 0 fully saturated rings. The molecule has 0 spiro atoms. The summed E-state index contributed by atoms with van der Waals surface area (Å²) >= 11 is 0. The van der Waals surface area contributed by atoms with Crippen LogP contribution < -0.4 is 10.5 Å². The van der Waals surface area contributed by atoms with Crippen molar-refractivity contribution in [3.05, 3.63) is 101 Å². The van der Waals surface area contributed by atoms with Crippen LogP contribution in [0.5, 0.6) is 5.75 Å². The first-order chi connectivity index (χ1) is 13.7. The Labute approximate surface area is 165 Å². The lowest BCUT2D eigenvalue weighted by atomic mass is 10.1. The minimum absolute atomic E-state index is 0.000559. The van der Waals surface area contributed by atoms with E-state index in [-0.39, 0.29) is 5.91 Å². The highest BCUT2D eigenvalue weighted by Gasteiger charge is 2.26. The number of ether oxygens (including phenoxy) is 1. The van der Waals surface area contributed by atoms with E-state index in [2.05, 4.69) is 12.1 Å². The number of fused-ring (bicyclic) bond motifs is 1. The van der Waals surface area contributed by atoms with Crippen LogP contribution in [0, 0.1) is 0 Å². The maximum atomic E-state index is 12.7. The highest BCUT2D eigenvalue weighted by atomic mass is 16.5. The zero-order valence-corrected chi connectivity index (χ0v) is 15.8. The first kappa shape index (κ1) is 18.3. The maximum Gasteiger partial charge on any atom is 0.240 e. The van der Waals surface area contributed by atoms with Crippen LogP contribution >= 0.6 is 0 Å². The van der Waals surface area contributed by atoms with Gasteiger partial charge in [0.15, 0.2) is 0 Å². The van der Waals surface area contributed by atoms with Crippen molar-refractivity contribution in [3.8, 4) is 5.75 Å². The van der Waals surface area contributed by atoms with Gasteiger partial charge in [-0.05, 0) is 40.8 Å². The minimum Gasteiger partial charge on any atom is -0.489 e. The van der Waals surface area contributed by atoms with Crippen LogP contribution in [0.1, 0.15) is 22.3 Å². The van der Waals surface area contributed by atoms with E-state index in [4.69, 9.17) is 10.5 Å². The van der Waals surface area contributed by atoms with Gasteiger partial charge in [0.25, 0.3) is 0 Å². The molecular weight excluding hydrogens is 348 g/mol. The van der Waals surface area contributed by atoms with Gasteiger partial charge < -0.3 is 15.4 Å². The second-order valence-corrected chi connectivity index (χ2v) is 7.19. The molecule has 1 heterocycles. The van der Waals surface area contributed by atoms with Gasteiger partial charge in [-0.1, -0.05) is 66.7 Å². The Morgan fingerprint density at radius 2 is 1.46 bits per heavy atom. The summed E-state index contributed by atoms with van der Waals surface area (Å²) in [5.41, 5.74) is 10.8. The lowest BCUT2D eigenvalue weighted by molar-refractivity contribution is -0.133. The lowest BCUT2D eigenvalue weighted by Gasteiger charge is -2.20. The maximum absolute atomic E-state index is 12.7. The normalized spacial score (nSPS) is 13.8. The van der Waals surface area contributed by atoms with Gasteiger partial charge in [0, 0.05) is 13.1 Å². The molecule has 2 N–H and O–H groups in total. The summed E-state index contributed by atoms with van der Waals surface area (Å²) < 4.78 is 5.81. The van der Waals surface area contributed by atoms with Gasteiger partial charge in [0.05, 0.1) is 6.04 Å². The molecule has 0 unspecified atom stereocenters. The average Bonchev–Trinajstić information content (AvgIpc) is 3.17. The molecule has 4 heteroatoms. The fourth-order valence-corrected chi connectivity index (χ4v) is 3.53. The second kappa shape index (κ2) is 8.28. The molecule has 1 atom stereocenters. The van der Waals surface area contributed by atoms with Crippen LogP contribution in [-0.4, -0.2) is 16.8 Å². The van der Waals surface area contributed by atoms with Crippen molar-refractivity contribution in [1.82, 2.24) is 4.90 Å². The largest absolute Gasteiger partial charge is 0.489 e. The number of amides is 1. The third kappa shape index (κ3) is 4.24. The molecule has 1 amide bonds. The van der Waals surface area contributed by atoms with Crippen LogP contribution in [0.2, 0.25) is 0 Å². The molecule has 1 aliphatic heterocycles. The van der Waals surface area contributed by atoms with Crippen molar-refractivity contribution in [3.63, 3.8) is 0 Å². The summed E-state index contributed by atoms with van der Waals surface area (Å²) in [6, 6.07) is 25.5. The summed E-state index contributed by atoms with van der Waals surface area (Å²) in [6.45, 7) is 1.83. The van der Waals surface area contributed by atoms with E-state index in [1.54, 1.807) is 0 Å². The van der Waals surface area contributed by atoms with Crippen molar-refractivity contribution >= 4 is 5.91 Å². The van der Waals surface area contributed by atoms with E-state index in [0.717, 1.165) is 16.9 Å². The van der Waals surface area contributed by atoms with Crippen molar-refractivity contribution in [2.45, 2.75) is 32.2 Å². The van der Waals surface area contributed by atoms with Crippen molar-refractivity contribution in [1.29, 1.82) is 0 Å². The van der Waals surface area contributed by atoms with Crippen LogP contribution in [0.15, 0.2) is 78.9 Å². The molecule has 0 saturated heterocycles. The van der Waals surface area contributed by atoms with E-state index >= 15 is 0 Å². The molecule has 4 nitrogen and oxygen atoms in total. The topological polar surface area (TPSA) is 55.6 Å². The third-order valence-corrected chi connectivity index (χ3v) is 5.10. The Morgan fingerprint density at radius 1 is 0.857 bits per heavy atom. The number of rotatable bonds is 6. The summed E-state index contributed by atoms with van der Waals surface area (Å²) in [6.07, 6.45) is 0.518. The quantitative estimate of drug-likeness (QED) is 0.718. The fourth-order valence-electron chi connectivity index (χ4n) is 3.53. The predicted molar refractivity (Wildman–Crippen MR) is 110 cm³/mol. The highest BCUT2D eigenvalue weighted by Crippen LogP contribution is 2.23. The highest BCUT2D eigenvalue weighted by molar-refractivity contribution is 5.82. The molecule has 3 aromatic carbocycles. The number of carbonyl (C=O) groups excluding carboxylic acids is 1. The van der Waals surface area contributed by atoms with Crippen LogP contribution in [0.4, 0.5) is 0 Å². The monoisotopic (exact) mass is 372 g/mol. The van der Waals surface area contributed by atoms with E-state index < -0.39 is 6.04 Å². The summed E-state index contributed by atoms with van der Waals surface area (Å²) in [5.74, 6) is 0.808. The zero-order valence-electron chi connectivity index (χ0n) is 15.8. The van der Waals surface area contributed by atoms with Crippen LogP contribution in [0.25, 0.3) is 0 Å². The Kier molecular flexibility index (Phi) is 5.40. The smallest absolute Gasteiger partial charge is 0.240 e. The number of nitrogens with two attached hydrogens (primary N) is 1. The zero-order chi connectivity index (χ0) is 19.3. The summed E-state index contributed by atoms with van der Waals surface area (Å²) in [7, 11) is 0. The Bertz CT molecular complexity index is 913. The second-order valence-electron chi connectivity index (χ2n) is 7.19. The standard InChI is InChI=1S/C24H24N2O2/c25-23(24(27)26-15-20-8-4-5-9-21(20)16-26)14-18-10-12-22(13-11-18)28-17-19-6-2-1-3-7-19/h1-13,23H,14-17,25H2/t23-/m1/s1.